The van der Waals surface area contributed by atoms with Crippen molar-refractivity contribution in [2.75, 3.05) is 14.2 Å². The summed E-state index contributed by atoms with van der Waals surface area (Å²) in [5, 5.41) is 8.14. The molecule has 3 aromatic carbocycles. The third-order valence-electron chi connectivity index (χ3n) is 4.22. The zero-order chi connectivity index (χ0) is 17.2. The maximum absolute atomic E-state index is 5.80. The van der Waals surface area contributed by atoms with E-state index in [1.807, 2.05) is 41.1 Å². The number of methoxy groups -OCH3 is 2. The molecule has 0 saturated carbocycles. The first-order valence-corrected chi connectivity index (χ1v) is 8.87. The third kappa shape index (κ3) is 2.61. The van der Waals surface area contributed by atoms with Crippen LogP contribution in [-0.4, -0.2) is 14.2 Å². The molecule has 0 saturated heterocycles. The van der Waals surface area contributed by atoms with Gasteiger partial charge in [0.1, 0.15) is 11.5 Å². The van der Waals surface area contributed by atoms with E-state index in [0.717, 1.165) is 44.2 Å². The van der Waals surface area contributed by atoms with Gasteiger partial charge >= 0.3 is 0 Å². The second kappa shape index (κ2) is 6.51. The van der Waals surface area contributed by atoms with Crippen LogP contribution < -0.4 is 9.47 Å². The van der Waals surface area contributed by atoms with E-state index in [1.54, 1.807) is 25.6 Å². The quantitative estimate of drug-likeness (QED) is 0.354. The Morgan fingerprint density at radius 3 is 2.16 bits per heavy atom. The van der Waals surface area contributed by atoms with Crippen LogP contribution in [0.1, 0.15) is 11.1 Å². The minimum absolute atomic E-state index is 0.835. The van der Waals surface area contributed by atoms with Gasteiger partial charge < -0.3 is 9.47 Å². The molecule has 25 heavy (non-hydrogen) atoms. The fraction of sp³-hybridized carbons (Fsp3) is 0.0909. The van der Waals surface area contributed by atoms with Crippen molar-refractivity contribution in [1.29, 1.82) is 0 Å². The zero-order valence-electron chi connectivity index (χ0n) is 14.0. The summed E-state index contributed by atoms with van der Waals surface area (Å²) in [7, 11) is 3.41. The molecule has 0 unspecified atom stereocenters. The molecule has 4 aromatic rings. The van der Waals surface area contributed by atoms with Gasteiger partial charge in [-0.2, -0.15) is 11.3 Å². The van der Waals surface area contributed by atoms with Crippen molar-refractivity contribution in [3.63, 3.8) is 0 Å². The van der Waals surface area contributed by atoms with Crippen molar-refractivity contribution >= 4 is 32.9 Å². The number of hydrogen-bond donors (Lipinski definition) is 0. The summed E-state index contributed by atoms with van der Waals surface area (Å²) < 4.78 is 11.5. The minimum Gasteiger partial charge on any atom is -0.495 e. The Labute approximate surface area is 150 Å². The molecule has 0 bridgehead atoms. The Morgan fingerprint density at radius 1 is 0.760 bits per heavy atom. The fourth-order valence-corrected chi connectivity index (χ4v) is 3.74. The molecule has 2 nitrogen and oxygen atoms in total. The highest BCUT2D eigenvalue weighted by molar-refractivity contribution is 7.08. The van der Waals surface area contributed by atoms with Gasteiger partial charge in [-0.3, -0.25) is 0 Å². The van der Waals surface area contributed by atoms with Gasteiger partial charge in [0.2, 0.25) is 0 Å². The van der Waals surface area contributed by atoms with Crippen molar-refractivity contribution in [3.8, 4) is 23.3 Å². The number of benzene rings is 3. The van der Waals surface area contributed by atoms with Gasteiger partial charge in [0.05, 0.1) is 14.2 Å². The molecule has 0 fully saturated rings. The minimum atomic E-state index is 0.835. The summed E-state index contributed by atoms with van der Waals surface area (Å²) in [6, 6.07) is 16.2. The van der Waals surface area contributed by atoms with E-state index in [2.05, 4.69) is 30.0 Å². The van der Waals surface area contributed by atoms with Crippen LogP contribution in [0.15, 0.2) is 59.3 Å². The fourth-order valence-electron chi connectivity index (χ4n) is 3.16. The van der Waals surface area contributed by atoms with Crippen molar-refractivity contribution in [1.82, 2.24) is 0 Å². The summed E-state index contributed by atoms with van der Waals surface area (Å²) in [6.45, 7) is 0. The highest BCUT2D eigenvalue weighted by Crippen LogP contribution is 2.43. The maximum Gasteiger partial charge on any atom is 0.136 e. The van der Waals surface area contributed by atoms with E-state index in [1.165, 1.54) is 0 Å². The van der Waals surface area contributed by atoms with Gasteiger partial charge in [0.15, 0.2) is 0 Å². The maximum atomic E-state index is 5.80. The Morgan fingerprint density at radius 2 is 1.48 bits per heavy atom. The highest BCUT2D eigenvalue weighted by atomic mass is 32.1. The van der Waals surface area contributed by atoms with Crippen molar-refractivity contribution in [2.45, 2.75) is 0 Å². The standard InChI is InChI=1S/C22H16O2S/c1-23-21-17-7-3-4-8-18(17)22(24-2)20-16(6-5-9-19(20)21)11-10-15-12-13-25-14-15/h3-9,12-14H,1-2H3. The van der Waals surface area contributed by atoms with Gasteiger partial charge in [-0.15, -0.1) is 0 Å². The molecule has 0 aliphatic heterocycles. The van der Waals surface area contributed by atoms with Gasteiger partial charge in [0, 0.05) is 38.1 Å². The van der Waals surface area contributed by atoms with Crippen LogP contribution in [-0.2, 0) is 0 Å². The molecular formula is C22H16O2S. The lowest BCUT2D eigenvalue weighted by atomic mass is 9.97. The number of ether oxygens (including phenoxy) is 2. The Bertz CT molecular complexity index is 1120. The first-order valence-electron chi connectivity index (χ1n) is 7.93. The Balaban J connectivity index is 2.10. The Hall–Kier alpha value is -2.96. The molecule has 0 atom stereocenters. The molecule has 0 N–H and O–H groups in total. The van der Waals surface area contributed by atoms with Crippen LogP contribution in [0, 0.1) is 11.8 Å². The molecule has 1 aromatic heterocycles. The molecule has 0 spiro atoms. The topological polar surface area (TPSA) is 18.5 Å². The number of fused-ring (bicyclic) bond motifs is 2. The van der Waals surface area contributed by atoms with Crippen LogP contribution in [0.25, 0.3) is 21.5 Å². The summed E-state index contributed by atoms with van der Waals surface area (Å²) in [6.07, 6.45) is 0. The zero-order valence-corrected chi connectivity index (χ0v) is 14.8. The molecule has 4 rings (SSSR count). The monoisotopic (exact) mass is 344 g/mol. The van der Waals surface area contributed by atoms with Crippen LogP contribution >= 0.6 is 11.3 Å². The van der Waals surface area contributed by atoms with Gasteiger partial charge in [-0.1, -0.05) is 48.2 Å². The van der Waals surface area contributed by atoms with Gasteiger partial charge in [-0.05, 0) is 17.5 Å². The smallest absolute Gasteiger partial charge is 0.136 e. The number of thiophene rings is 1. The first kappa shape index (κ1) is 15.6. The van der Waals surface area contributed by atoms with E-state index >= 15 is 0 Å². The van der Waals surface area contributed by atoms with Crippen LogP contribution in [0.4, 0.5) is 0 Å². The average Bonchev–Trinajstić information content (AvgIpc) is 3.18. The molecule has 1 heterocycles. The third-order valence-corrected chi connectivity index (χ3v) is 4.91. The highest BCUT2D eigenvalue weighted by Gasteiger charge is 2.16. The van der Waals surface area contributed by atoms with Crippen molar-refractivity contribution in [2.24, 2.45) is 0 Å². The molecule has 0 aliphatic rings. The van der Waals surface area contributed by atoms with E-state index in [0.29, 0.717) is 0 Å². The molecule has 0 aliphatic carbocycles. The SMILES string of the molecule is COc1c2ccccc2c(OC)c2c(C#Cc3ccsc3)cccc12. The lowest BCUT2D eigenvalue weighted by Gasteiger charge is -2.15. The number of rotatable bonds is 2. The summed E-state index contributed by atoms with van der Waals surface area (Å²) in [5.41, 5.74) is 1.96. The normalized spacial score (nSPS) is 10.5. The molecular weight excluding hydrogens is 328 g/mol. The van der Waals surface area contributed by atoms with Crippen LogP contribution in [0.5, 0.6) is 11.5 Å². The summed E-state index contributed by atoms with van der Waals surface area (Å²) in [4.78, 5) is 0. The second-order valence-electron chi connectivity index (χ2n) is 5.60. The lowest BCUT2D eigenvalue weighted by Crippen LogP contribution is -1.94. The lowest BCUT2D eigenvalue weighted by molar-refractivity contribution is 0.417. The van der Waals surface area contributed by atoms with Crippen molar-refractivity contribution < 1.29 is 9.47 Å². The first-order chi connectivity index (χ1) is 12.3. The van der Waals surface area contributed by atoms with E-state index in [9.17, 15) is 0 Å². The average molecular weight is 344 g/mol. The van der Waals surface area contributed by atoms with Crippen LogP contribution in [0.3, 0.4) is 0 Å². The van der Waals surface area contributed by atoms with Gasteiger partial charge in [-0.25, -0.2) is 0 Å². The Kier molecular flexibility index (Phi) is 4.05. The van der Waals surface area contributed by atoms with Gasteiger partial charge in [0.25, 0.3) is 0 Å². The van der Waals surface area contributed by atoms with E-state index in [4.69, 9.17) is 9.47 Å². The molecule has 0 radical (unpaired) electrons. The summed E-state index contributed by atoms with van der Waals surface area (Å²) >= 11 is 1.65. The predicted octanol–water partition coefficient (Wildman–Crippen LogP) is 5.47. The van der Waals surface area contributed by atoms with Crippen LogP contribution in [0.2, 0.25) is 0 Å². The van der Waals surface area contributed by atoms with Crippen molar-refractivity contribution in [3.05, 3.63) is 70.4 Å². The largest absolute Gasteiger partial charge is 0.495 e. The number of hydrogen-bond acceptors (Lipinski definition) is 3. The predicted molar refractivity (Wildman–Crippen MR) is 105 cm³/mol. The summed E-state index contributed by atoms with van der Waals surface area (Å²) in [5.74, 6) is 8.22. The molecule has 0 amide bonds. The second-order valence-corrected chi connectivity index (χ2v) is 6.38. The molecule has 3 heteroatoms. The van der Waals surface area contributed by atoms with E-state index < -0.39 is 0 Å². The van der Waals surface area contributed by atoms with E-state index in [-0.39, 0.29) is 0 Å². The molecule has 122 valence electrons.